The summed E-state index contributed by atoms with van der Waals surface area (Å²) in [6, 6.07) is 9.56. The number of nitrogens with zero attached hydrogens (tertiary/aromatic N) is 5. The second kappa shape index (κ2) is 8.37. The van der Waals surface area contributed by atoms with Crippen molar-refractivity contribution in [3.05, 3.63) is 65.5 Å². The quantitative estimate of drug-likeness (QED) is 0.464. The highest BCUT2D eigenvalue weighted by Gasteiger charge is 2.26. The molecule has 3 aromatic heterocycles. The van der Waals surface area contributed by atoms with Gasteiger partial charge in [-0.1, -0.05) is 19.9 Å². The Balaban J connectivity index is 2.03. The number of ketones is 1. The third kappa shape index (κ3) is 3.57. The molecule has 0 saturated carbocycles. The van der Waals surface area contributed by atoms with Gasteiger partial charge < -0.3 is 10.5 Å². The van der Waals surface area contributed by atoms with Crippen molar-refractivity contribution < 1.29 is 9.53 Å². The molecule has 32 heavy (non-hydrogen) atoms. The lowest BCUT2D eigenvalue weighted by molar-refractivity contribution is -0.111. The Morgan fingerprint density at radius 1 is 1.12 bits per heavy atom. The molecule has 0 saturated heterocycles. The predicted molar refractivity (Wildman–Crippen MR) is 123 cm³/mol. The number of ether oxygens (including phenoxy) is 1. The first kappa shape index (κ1) is 21.4. The van der Waals surface area contributed by atoms with Gasteiger partial charge in [0.05, 0.1) is 36.0 Å². The summed E-state index contributed by atoms with van der Waals surface area (Å²) in [5.41, 5.74) is 10.5. The first-order valence-corrected chi connectivity index (χ1v) is 10.4. The molecule has 1 aromatic carbocycles. The van der Waals surface area contributed by atoms with Gasteiger partial charge in [0.15, 0.2) is 11.4 Å². The summed E-state index contributed by atoms with van der Waals surface area (Å²) in [5.74, 6) is 1.33. The van der Waals surface area contributed by atoms with Gasteiger partial charge in [-0.05, 0) is 38.0 Å². The number of carbonyl (C=O) groups is 1. The topological polar surface area (TPSA) is 108 Å². The number of benzene rings is 1. The fourth-order valence-corrected chi connectivity index (χ4v) is 4.18. The van der Waals surface area contributed by atoms with Crippen LogP contribution in [-0.2, 0) is 4.79 Å². The highest BCUT2D eigenvalue weighted by Crippen LogP contribution is 2.35. The monoisotopic (exact) mass is 430 g/mol. The Labute approximate surface area is 186 Å². The molecule has 0 radical (unpaired) electrons. The van der Waals surface area contributed by atoms with Gasteiger partial charge in [-0.3, -0.25) is 19.2 Å². The summed E-state index contributed by atoms with van der Waals surface area (Å²) in [6.07, 6.45) is 3.46. The lowest BCUT2D eigenvalue weighted by atomic mass is 9.91. The van der Waals surface area contributed by atoms with E-state index < -0.39 is 0 Å². The number of pyridine rings is 1. The normalized spacial score (nSPS) is 13.4. The van der Waals surface area contributed by atoms with Crippen molar-refractivity contribution in [3.8, 4) is 5.75 Å². The van der Waals surface area contributed by atoms with E-state index in [1.807, 2.05) is 34.7 Å². The Hall–Kier alpha value is -3.81. The molecule has 8 nitrogen and oxygen atoms in total. The van der Waals surface area contributed by atoms with E-state index in [-0.39, 0.29) is 17.6 Å². The summed E-state index contributed by atoms with van der Waals surface area (Å²) < 4.78 is 7.64. The van der Waals surface area contributed by atoms with Crippen LogP contribution in [-0.4, -0.2) is 37.5 Å². The van der Waals surface area contributed by atoms with Crippen LogP contribution < -0.4 is 10.5 Å². The van der Waals surface area contributed by atoms with Gasteiger partial charge in [-0.25, -0.2) is 0 Å². The molecule has 0 fully saturated rings. The zero-order valence-electron chi connectivity index (χ0n) is 18.8. The highest BCUT2D eigenvalue weighted by atomic mass is 16.5. The van der Waals surface area contributed by atoms with Crippen LogP contribution in [0.25, 0.3) is 22.3 Å². The Morgan fingerprint density at radius 3 is 2.50 bits per heavy atom. The first-order chi connectivity index (χ1) is 15.3. The van der Waals surface area contributed by atoms with Crippen LogP contribution in [0.2, 0.25) is 0 Å². The van der Waals surface area contributed by atoms with E-state index in [0.29, 0.717) is 33.7 Å². The van der Waals surface area contributed by atoms with Crippen molar-refractivity contribution in [2.75, 3.05) is 7.11 Å². The second-order valence-corrected chi connectivity index (χ2v) is 8.14. The summed E-state index contributed by atoms with van der Waals surface area (Å²) in [4.78, 5) is 21.4. The van der Waals surface area contributed by atoms with Gasteiger partial charge in [0.2, 0.25) is 0 Å². The number of hydrogen-bond acceptors (Lipinski definition) is 7. The van der Waals surface area contributed by atoms with Crippen molar-refractivity contribution in [3.63, 3.8) is 0 Å². The van der Waals surface area contributed by atoms with Gasteiger partial charge >= 0.3 is 0 Å². The first-order valence-electron chi connectivity index (χ1n) is 10.4. The van der Waals surface area contributed by atoms with Crippen molar-refractivity contribution in [1.82, 2.24) is 24.6 Å². The van der Waals surface area contributed by atoms with Crippen LogP contribution in [0.5, 0.6) is 5.75 Å². The minimum atomic E-state index is -0.135. The van der Waals surface area contributed by atoms with Crippen LogP contribution >= 0.6 is 0 Å². The number of hydrogen-bond donors (Lipinski definition) is 1. The van der Waals surface area contributed by atoms with Gasteiger partial charge in [0.25, 0.3) is 0 Å². The van der Waals surface area contributed by atoms with Crippen LogP contribution in [0.3, 0.4) is 0 Å². The van der Waals surface area contributed by atoms with Crippen LogP contribution in [0.15, 0.2) is 48.4 Å². The minimum absolute atomic E-state index is 0.0681. The summed E-state index contributed by atoms with van der Waals surface area (Å²) in [6.45, 7) is 7.46. The van der Waals surface area contributed by atoms with E-state index in [9.17, 15) is 4.79 Å². The molecule has 0 aliphatic rings. The summed E-state index contributed by atoms with van der Waals surface area (Å²) in [7, 11) is 1.57. The van der Waals surface area contributed by atoms with Gasteiger partial charge in [0.1, 0.15) is 11.6 Å². The Bertz CT molecular complexity index is 1340. The molecule has 2 N–H and O–H groups in total. The van der Waals surface area contributed by atoms with E-state index in [1.54, 1.807) is 26.4 Å². The average Bonchev–Trinajstić information content (AvgIpc) is 3.17. The summed E-state index contributed by atoms with van der Waals surface area (Å²) >= 11 is 0. The van der Waals surface area contributed by atoms with Crippen LogP contribution in [0.1, 0.15) is 50.7 Å². The van der Waals surface area contributed by atoms with Gasteiger partial charge in [0, 0.05) is 29.1 Å². The van der Waals surface area contributed by atoms with Gasteiger partial charge in [-0.15, -0.1) is 10.2 Å². The molecule has 0 aliphatic heterocycles. The van der Waals surface area contributed by atoms with Crippen molar-refractivity contribution in [1.29, 1.82) is 0 Å². The number of rotatable bonds is 6. The van der Waals surface area contributed by atoms with E-state index in [0.717, 1.165) is 17.0 Å². The molecule has 4 aromatic rings. The fraction of sp³-hybridized carbons (Fsp3) is 0.292. The second-order valence-electron chi connectivity index (χ2n) is 8.14. The molecule has 3 heterocycles. The third-order valence-electron chi connectivity index (χ3n) is 5.54. The molecule has 0 bridgehead atoms. The smallest absolute Gasteiger partial charge is 0.179 e. The zero-order valence-corrected chi connectivity index (χ0v) is 18.8. The number of methoxy groups -OCH3 is 1. The minimum Gasteiger partial charge on any atom is -0.496 e. The van der Waals surface area contributed by atoms with E-state index in [2.05, 4.69) is 34.0 Å². The lowest BCUT2D eigenvalue weighted by Gasteiger charge is -2.20. The number of fused-ring (bicyclic) bond motifs is 3. The lowest BCUT2D eigenvalue weighted by Crippen LogP contribution is -2.14. The maximum absolute atomic E-state index is 12.3. The molecular weight excluding hydrogens is 404 g/mol. The molecule has 164 valence electrons. The molecule has 0 aliphatic carbocycles. The Kier molecular flexibility index (Phi) is 5.61. The zero-order chi connectivity index (χ0) is 23.0. The van der Waals surface area contributed by atoms with E-state index >= 15 is 0 Å². The van der Waals surface area contributed by atoms with Crippen molar-refractivity contribution in [2.24, 2.45) is 11.7 Å². The number of carbonyl (C=O) groups excluding carboxylic acids is 1. The average molecular weight is 431 g/mol. The molecular formula is C24H26N6O2. The van der Waals surface area contributed by atoms with Crippen molar-refractivity contribution in [2.45, 2.75) is 33.6 Å². The number of Topliss-reactive ketones (excluding diaryl/α,β-unsaturated/α-hetero) is 1. The Morgan fingerprint density at radius 2 is 1.91 bits per heavy atom. The molecule has 1 unspecified atom stereocenters. The summed E-state index contributed by atoms with van der Waals surface area (Å²) in [5, 5.41) is 8.89. The molecule has 8 heteroatoms. The molecule has 1 atom stereocenters. The standard InChI is InChI=1S/C24H26N6O2/c1-13(2)22(17-8-6-7-9-26-17)24-29-28-21-12-27-18-10-16(23(14(3)25)15(4)31)20(32-5)11-19(18)30(21)24/h6-13,22H,25H2,1-5H3. The van der Waals surface area contributed by atoms with Crippen LogP contribution in [0, 0.1) is 5.92 Å². The largest absolute Gasteiger partial charge is 0.496 e. The maximum atomic E-state index is 12.3. The van der Waals surface area contributed by atoms with Gasteiger partial charge in [-0.2, -0.15) is 0 Å². The molecule has 0 amide bonds. The SMILES string of the molecule is COc1cc2c(cc1C(C(C)=O)=C(C)N)ncc1nnc(C(c3ccccn3)C(C)C)n12. The van der Waals surface area contributed by atoms with E-state index in [4.69, 9.17) is 10.5 Å². The maximum Gasteiger partial charge on any atom is 0.179 e. The predicted octanol–water partition coefficient (Wildman–Crippen LogP) is 3.75. The highest BCUT2D eigenvalue weighted by molar-refractivity contribution is 6.21. The van der Waals surface area contributed by atoms with E-state index in [1.165, 1.54) is 6.92 Å². The number of allylic oxidation sites excluding steroid dienone is 2. The van der Waals surface area contributed by atoms with Crippen molar-refractivity contribution >= 4 is 28.0 Å². The third-order valence-corrected chi connectivity index (χ3v) is 5.54. The number of aromatic nitrogens is 5. The fourth-order valence-electron chi connectivity index (χ4n) is 4.18. The molecule has 4 rings (SSSR count). The number of nitrogens with two attached hydrogens (primary N) is 1. The van der Waals surface area contributed by atoms with Crippen LogP contribution in [0.4, 0.5) is 0 Å². The molecule has 0 spiro atoms.